The van der Waals surface area contributed by atoms with Crippen molar-refractivity contribution in [1.82, 2.24) is 10.6 Å². The van der Waals surface area contributed by atoms with Crippen molar-refractivity contribution < 1.29 is 52.3 Å². The van der Waals surface area contributed by atoms with Gasteiger partial charge in [0.15, 0.2) is 17.3 Å². The van der Waals surface area contributed by atoms with E-state index < -0.39 is 41.4 Å². The standard InChI is InChI=1S/C55H74N4O10/c1-36(2)26-48(50(62)32-45(29-42-18-14-11-15-19-42)54(65)57-49(27-37(3)4)52(63)55(8)35-68-55)56-53(64)44(21-20-41-16-12-10-13-17-41)31-46(61)34-59(22-24-67-25-23-59)33-43-28-38(5)51(69-40(7)60)47(30-43)39(6)58-66-9/h10-19,28,30,36-37,44-45,48-49H,20-27,29,31-35H2,1-9H3,(H-,56,57,64,65)/p+1/b58-39+/t44-,45-,48+,49+,55-/m1/s1. The van der Waals surface area contributed by atoms with Gasteiger partial charge in [-0.15, -0.1) is 0 Å². The first-order valence-electron chi connectivity index (χ1n) is 24.5. The van der Waals surface area contributed by atoms with Crippen molar-refractivity contribution in [1.29, 1.82) is 0 Å². The van der Waals surface area contributed by atoms with Gasteiger partial charge in [0, 0.05) is 42.7 Å². The summed E-state index contributed by atoms with van der Waals surface area (Å²) in [7, 11) is 1.45. The molecule has 69 heavy (non-hydrogen) atoms. The molecule has 5 atom stereocenters. The fraction of sp³-hybridized carbons (Fsp3) is 0.545. The first kappa shape index (κ1) is 54.4. The van der Waals surface area contributed by atoms with Crippen LogP contribution in [0.3, 0.4) is 0 Å². The maximum atomic E-state index is 14.7. The number of epoxide rings is 1. The van der Waals surface area contributed by atoms with Crippen molar-refractivity contribution in [3.05, 3.63) is 101 Å². The number of nitrogens with one attached hydrogen (secondary N) is 2. The topological polar surface area (TPSA) is 179 Å². The summed E-state index contributed by atoms with van der Waals surface area (Å²) < 4.78 is 17.3. The molecule has 2 N–H and O–H groups in total. The number of nitrogens with zero attached hydrogens (tertiary/aromatic N) is 2. The summed E-state index contributed by atoms with van der Waals surface area (Å²) in [5, 5.41) is 10.2. The van der Waals surface area contributed by atoms with Crippen LogP contribution in [-0.4, -0.2) is 110 Å². The van der Waals surface area contributed by atoms with E-state index in [1.807, 2.05) is 107 Å². The third-order valence-corrected chi connectivity index (χ3v) is 13.1. The molecule has 0 bridgehead atoms. The van der Waals surface area contributed by atoms with Crippen LogP contribution in [-0.2, 0) is 62.5 Å². The van der Waals surface area contributed by atoms with Crippen molar-refractivity contribution >= 4 is 40.8 Å². The number of hydrogen-bond donors (Lipinski definition) is 2. The molecule has 0 unspecified atom stereocenters. The number of rotatable bonds is 27. The smallest absolute Gasteiger partial charge is 0.308 e. The number of morpholine rings is 1. The van der Waals surface area contributed by atoms with E-state index in [0.29, 0.717) is 86.6 Å². The van der Waals surface area contributed by atoms with Gasteiger partial charge in [0.25, 0.3) is 0 Å². The summed E-state index contributed by atoms with van der Waals surface area (Å²) in [4.78, 5) is 88.8. The fourth-order valence-corrected chi connectivity index (χ4v) is 9.37. The van der Waals surface area contributed by atoms with Crippen molar-refractivity contribution in [2.75, 3.05) is 46.6 Å². The van der Waals surface area contributed by atoms with E-state index in [2.05, 4.69) is 15.8 Å². The Balaban J connectivity index is 1.39. The molecule has 2 saturated heterocycles. The average molecular weight is 952 g/mol. The van der Waals surface area contributed by atoms with Crippen molar-refractivity contribution in [3.8, 4) is 5.75 Å². The Bertz CT molecular complexity index is 2270. The lowest BCUT2D eigenvalue weighted by molar-refractivity contribution is -0.940. The number of benzene rings is 3. The lowest BCUT2D eigenvalue weighted by Gasteiger charge is -2.41. The Morgan fingerprint density at radius 1 is 0.783 bits per heavy atom. The van der Waals surface area contributed by atoms with Gasteiger partial charge in [-0.3, -0.25) is 28.8 Å². The second-order valence-electron chi connectivity index (χ2n) is 20.2. The molecule has 0 aliphatic carbocycles. The quantitative estimate of drug-likeness (QED) is 0.0200. The minimum absolute atomic E-state index is 0.0138. The van der Waals surface area contributed by atoms with Crippen LogP contribution >= 0.6 is 0 Å². The second-order valence-corrected chi connectivity index (χ2v) is 20.2. The highest BCUT2D eigenvalue weighted by Crippen LogP contribution is 2.32. The zero-order valence-electron chi connectivity index (χ0n) is 42.3. The maximum absolute atomic E-state index is 14.7. The van der Waals surface area contributed by atoms with Crippen LogP contribution in [0, 0.1) is 30.6 Å². The zero-order chi connectivity index (χ0) is 50.3. The molecule has 3 aromatic carbocycles. The van der Waals surface area contributed by atoms with E-state index in [-0.39, 0.29) is 60.9 Å². The van der Waals surface area contributed by atoms with Gasteiger partial charge in [0.05, 0.1) is 37.6 Å². The van der Waals surface area contributed by atoms with Crippen molar-refractivity contribution in [3.63, 3.8) is 0 Å². The van der Waals surface area contributed by atoms with Crippen LogP contribution < -0.4 is 15.4 Å². The first-order valence-corrected chi connectivity index (χ1v) is 24.5. The summed E-state index contributed by atoms with van der Waals surface area (Å²) in [5.41, 5.74) is 3.74. The number of carbonyl (C=O) groups is 6. The molecule has 2 fully saturated rings. The van der Waals surface area contributed by atoms with Gasteiger partial charge >= 0.3 is 5.97 Å². The second kappa shape index (κ2) is 25.3. The number of ether oxygens (including phenoxy) is 3. The molecule has 0 spiro atoms. The Hall–Kier alpha value is -5.57. The zero-order valence-corrected chi connectivity index (χ0v) is 42.3. The molecule has 14 heteroatoms. The molecular formula is C55H75N4O10+. The molecular weight excluding hydrogens is 877 g/mol. The predicted octanol–water partition coefficient (Wildman–Crippen LogP) is 7.08. The molecule has 374 valence electrons. The number of esters is 1. The van der Waals surface area contributed by atoms with E-state index in [1.165, 1.54) is 14.0 Å². The van der Waals surface area contributed by atoms with E-state index in [9.17, 15) is 28.8 Å². The molecule has 3 aromatic rings. The Morgan fingerprint density at radius 3 is 1.94 bits per heavy atom. The van der Waals surface area contributed by atoms with E-state index >= 15 is 0 Å². The number of oxime groups is 1. The number of amides is 2. The number of Topliss-reactive ketones (excluding diaryl/α,β-unsaturated/α-hetero) is 3. The predicted molar refractivity (Wildman–Crippen MR) is 264 cm³/mol. The third kappa shape index (κ3) is 16.5. The molecule has 5 rings (SSSR count). The minimum atomic E-state index is -0.935. The van der Waals surface area contributed by atoms with Gasteiger partial charge in [-0.1, -0.05) is 93.5 Å². The molecule has 0 aromatic heterocycles. The van der Waals surface area contributed by atoms with Crippen molar-refractivity contribution in [2.24, 2.45) is 28.8 Å². The van der Waals surface area contributed by atoms with Gasteiger partial charge in [-0.25, -0.2) is 0 Å². The largest absolute Gasteiger partial charge is 0.426 e. The summed E-state index contributed by atoms with van der Waals surface area (Å²) in [6, 6.07) is 21.5. The highest BCUT2D eigenvalue weighted by atomic mass is 16.6. The van der Waals surface area contributed by atoms with Crippen LogP contribution in [0.1, 0.15) is 108 Å². The highest BCUT2D eigenvalue weighted by molar-refractivity contribution is 6.02. The number of carbonyl (C=O) groups excluding carboxylic acids is 6. The lowest BCUT2D eigenvalue weighted by atomic mass is 9.87. The molecule has 2 heterocycles. The number of aryl methyl sites for hydroxylation is 2. The molecule has 0 radical (unpaired) electrons. The van der Waals surface area contributed by atoms with Gasteiger partial charge in [-0.2, -0.15) is 0 Å². The molecule has 2 aliphatic rings. The normalized spacial score (nSPS) is 18.4. The van der Waals surface area contributed by atoms with Crippen LogP contribution in [0.4, 0.5) is 0 Å². The Labute approximate surface area is 408 Å². The van der Waals surface area contributed by atoms with Crippen molar-refractivity contribution in [2.45, 2.75) is 125 Å². The first-order chi connectivity index (χ1) is 32.8. The SMILES string of the molecule is CO/N=C(\C)c1cc(C[N+]2(CC(=O)C[C@@H](CCc3ccccc3)C(=O)N[C@@H](CC(C)C)C(=O)C[C@@H](Cc3ccccc3)C(=O)N[C@@H](CC(C)C)C(=O)[C@@]3(C)CO3)CCOCC2)cc(C)c1OC(C)=O. The Kier molecular flexibility index (Phi) is 20.0. The van der Waals surface area contributed by atoms with E-state index in [1.54, 1.807) is 13.8 Å². The van der Waals surface area contributed by atoms with Gasteiger partial charge in [-0.05, 0) is 93.5 Å². The minimum Gasteiger partial charge on any atom is -0.426 e. The number of hydrogen-bond acceptors (Lipinski definition) is 11. The van der Waals surface area contributed by atoms with Gasteiger partial charge in [0.1, 0.15) is 44.6 Å². The van der Waals surface area contributed by atoms with Crippen LogP contribution in [0.15, 0.2) is 78.0 Å². The molecule has 14 nitrogen and oxygen atoms in total. The Morgan fingerprint density at radius 2 is 1.36 bits per heavy atom. The summed E-state index contributed by atoms with van der Waals surface area (Å²) in [6.45, 7) is 17.6. The van der Waals surface area contributed by atoms with E-state index in [0.717, 1.165) is 22.3 Å². The summed E-state index contributed by atoms with van der Waals surface area (Å²) >= 11 is 0. The number of quaternary nitrogens is 1. The summed E-state index contributed by atoms with van der Waals surface area (Å²) in [6.07, 6.45) is 1.73. The molecule has 0 saturated carbocycles. The van der Waals surface area contributed by atoms with Gasteiger partial charge < -0.3 is 34.2 Å². The lowest BCUT2D eigenvalue weighted by Crippen LogP contribution is -2.57. The monoisotopic (exact) mass is 952 g/mol. The highest BCUT2D eigenvalue weighted by Gasteiger charge is 2.50. The third-order valence-electron chi connectivity index (χ3n) is 13.1. The van der Waals surface area contributed by atoms with E-state index in [4.69, 9.17) is 19.0 Å². The fourth-order valence-electron chi connectivity index (χ4n) is 9.37. The molecule has 2 aliphatic heterocycles. The number of ketones is 3. The molecule has 2 amide bonds. The maximum Gasteiger partial charge on any atom is 0.308 e. The van der Waals surface area contributed by atoms with Gasteiger partial charge in [0.2, 0.25) is 11.8 Å². The van der Waals surface area contributed by atoms with Crippen LogP contribution in [0.2, 0.25) is 0 Å². The summed E-state index contributed by atoms with van der Waals surface area (Å²) in [5.74, 6) is -2.85. The van der Waals surface area contributed by atoms with Crippen LogP contribution in [0.25, 0.3) is 0 Å². The average Bonchev–Trinajstić information content (AvgIpc) is 4.06. The van der Waals surface area contributed by atoms with Crippen LogP contribution in [0.5, 0.6) is 5.75 Å².